The van der Waals surface area contributed by atoms with Gasteiger partial charge in [-0.1, -0.05) is 0 Å². The molecule has 1 aromatic heterocycles. The van der Waals surface area contributed by atoms with Gasteiger partial charge in [-0.05, 0) is 44.4 Å². The number of hydrogen-bond donors (Lipinski definition) is 2. The molecule has 1 saturated heterocycles. The quantitative estimate of drug-likeness (QED) is 0.652. The number of non-ortho nitro benzene ring substituents is 1. The second-order valence-corrected chi connectivity index (χ2v) is 6.88. The van der Waals surface area contributed by atoms with Crippen molar-refractivity contribution in [1.29, 1.82) is 0 Å². The SMILES string of the molecule is C[C@@]12c3[nH]c4cc([N+](=O)[O-])ccc4c3CCN1CCC[C@H]2C(=O)O. The molecule has 0 radical (unpaired) electrons. The molecule has 0 amide bonds. The molecule has 3 heterocycles. The maximum Gasteiger partial charge on any atom is 0.308 e. The van der Waals surface area contributed by atoms with Crippen molar-refractivity contribution in [3.63, 3.8) is 0 Å². The van der Waals surface area contributed by atoms with E-state index in [1.54, 1.807) is 12.1 Å². The number of benzene rings is 1. The van der Waals surface area contributed by atoms with E-state index in [9.17, 15) is 20.0 Å². The molecule has 0 unspecified atom stereocenters. The van der Waals surface area contributed by atoms with Crippen LogP contribution in [-0.2, 0) is 16.8 Å². The number of nitro benzene ring substituents is 1. The first-order valence-electron chi connectivity index (χ1n) is 8.20. The van der Waals surface area contributed by atoms with Crippen molar-refractivity contribution in [2.75, 3.05) is 13.1 Å². The Labute approximate surface area is 138 Å². The number of nitrogens with one attached hydrogen (secondary N) is 1. The first-order chi connectivity index (χ1) is 11.4. The van der Waals surface area contributed by atoms with E-state index in [-0.39, 0.29) is 5.69 Å². The van der Waals surface area contributed by atoms with Crippen LogP contribution in [0, 0.1) is 16.0 Å². The molecule has 0 aliphatic carbocycles. The predicted molar refractivity (Wildman–Crippen MR) is 87.9 cm³/mol. The third-order valence-corrected chi connectivity index (χ3v) is 5.79. The van der Waals surface area contributed by atoms with E-state index in [1.807, 2.05) is 6.92 Å². The number of carboxylic acids is 1. The number of rotatable bonds is 2. The average Bonchev–Trinajstić information content (AvgIpc) is 2.92. The van der Waals surface area contributed by atoms with Crippen molar-refractivity contribution >= 4 is 22.6 Å². The van der Waals surface area contributed by atoms with E-state index in [2.05, 4.69) is 9.88 Å². The maximum absolute atomic E-state index is 11.9. The minimum atomic E-state index is -0.778. The highest BCUT2D eigenvalue weighted by Crippen LogP contribution is 2.47. The van der Waals surface area contributed by atoms with Gasteiger partial charge in [0.2, 0.25) is 0 Å². The van der Waals surface area contributed by atoms with Gasteiger partial charge in [-0.25, -0.2) is 0 Å². The molecule has 24 heavy (non-hydrogen) atoms. The standard InChI is InChI=1S/C17H19N3O4/c1-17-13(16(21)22)3-2-7-19(17)8-6-12-11-5-4-10(20(23)24)9-14(11)18-15(12)17/h4-5,9,13,18H,2-3,6-8H2,1H3,(H,21,22)/t13-,17+/m0/s1. The lowest BCUT2D eigenvalue weighted by Gasteiger charge is -2.51. The summed E-state index contributed by atoms with van der Waals surface area (Å²) in [5.74, 6) is -1.26. The number of nitro groups is 1. The molecular weight excluding hydrogens is 310 g/mol. The monoisotopic (exact) mass is 329 g/mol. The highest BCUT2D eigenvalue weighted by Gasteiger charge is 2.51. The Morgan fingerprint density at radius 2 is 2.25 bits per heavy atom. The van der Waals surface area contributed by atoms with Crippen LogP contribution in [0.2, 0.25) is 0 Å². The number of aromatic nitrogens is 1. The molecule has 0 spiro atoms. The van der Waals surface area contributed by atoms with Crippen molar-refractivity contribution < 1.29 is 14.8 Å². The van der Waals surface area contributed by atoms with Crippen LogP contribution in [0.1, 0.15) is 31.0 Å². The zero-order valence-corrected chi connectivity index (χ0v) is 13.4. The van der Waals surface area contributed by atoms with Gasteiger partial charge in [-0.3, -0.25) is 19.8 Å². The van der Waals surface area contributed by atoms with Crippen LogP contribution in [-0.4, -0.2) is 39.0 Å². The van der Waals surface area contributed by atoms with E-state index < -0.39 is 22.3 Å². The van der Waals surface area contributed by atoms with Crippen molar-refractivity contribution in [3.05, 3.63) is 39.6 Å². The summed E-state index contributed by atoms with van der Waals surface area (Å²) >= 11 is 0. The summed E-state index contributed by atoms with van der Waals surface area (Å²) < 4.78 is 0. The Balaban J connectivity index is 1.93. The number of aliphatic carboxylic acids is 1. The Morgan fingerprint density at radius 1 is 1.46 bits per heavy atom. The molecule has 1 fully saturated rings. The van der Waals surface area contributed by atoms with Gasteiger partial charge in [-0.15, -0.1) is 0 Å². The first kappa shape index (κ1) is 15.1. The van der Waals surface area contributed by atoms with Crippen LogP contribution in [0.3, 0.4) is 0 Å². The number of H-pyrrole nitrogens is 1. The number of fused-ring (bicyclic) bond motifs is 5. The number of carboxylic acid groups (broad SMARTS) is 1. The van der Waals surface area contributed by atoms with Gasteiger partial charge >= 0.3 is 5.97 Å². The van der Waals surface area contributed by atoms with E-state index in [0.29, 0.717) is 11.9 Å². The Kier molecular flexibility index (Phi) is 3.18. The number of nitrogens with zero attached hydrogens (tertiary/aromatic N) is 2. The van der Waals surface area contributed by atoms with Gasteiger partial charge in [0.25, 0.3) is 5.69 Å². The van der Waals surface area contributed by atoms with Crippen molar-refractivity contribution in [3.8, 4) is 0 Å². The molecule has 7 heteroatoms. The number of aromatic amines is 1. The van der Waals surface area contributed by atoms with E-state index in [0.717, 1.165) is 42.6 Å². The molecule has 0 bridgehead atoms. The lowest BCUT2D eigenvalue weighted by atomic mass is 9.72. The van der Waals surface area contributed by atoms with Gasteiger partial charge in [0.05, 0.1) is 21.9 Å². The third kappa shape index (κ3) is 1.91. The fourth-order valence-corrected chi connectivity index (χ4v) is 4.56. The largest absolute Gasteiger partial charge is 0.481 e. The van der Waals surface area contributed by atoms with Crippen molar-refractivity contribution in [2.45, 2.75) is 31.7 Å². The Hall–Kier alpha value is -2.41. The zero-order valence-electron chi connectivity index (χ0n) is 13.4. The van der Waals surface area contributed by atoms with Crippen LogP contribution < -0.4 is 0 Å². The van der Waals surface area contributed by atoms with Gasteiger partial charge in [-0.2, -0.15) is 0 Å². The smallest absolute Gasteiger partial charge is 0.308 e. The molecular formula is C17H19N3O4. The third-order valence-electron chi connectivity index (χ3n) is 5.79. The molecule has 2 aliphatic heterocycles. The van der Waals surface area contributed by atoms with E-state index in [1.165, 1.54) is 6.07 Å². The predicted octanol–water partition coefficient (Wildman–Crippen LogP) is 2.64. The number of carbonyl (C=O) groups is 1. The first-order valence-corrected chi connectivity index (χ1v) is 8.20. The molecule has 4 rings (SSSR count). The molecule has 7 nitrogen and oxygen atoms in total. The van der Waals surface area contributed by atoms with Crippen molar-refractivity contribution in [2.24, 2.45) is 5.92 Å². The lowest BCUT2D eigenvalue weighted by molar-refractivity contribution is -0.384. The summed E-state index contributed by atoms with van der Waals surface area (Å²) in [6, 6.07) is 4.83. The maximum atomic E-state index is 11.9. The zero-order chi connectivity index (χ0) is 17.1. The van der Waals surface area contributed by atoms with Gasteiger partial charge in [0.15, 0.2) is 0 Å². The van der Waals surface area contributed by atoms with Crippen LogP contribution in [0.15, 0.2) is 18.2 Å². The Bertz CT molecular complexity index is 859. The topological polar surface area (TPSA) is 99.5 Å². The summed E-state index contributed by atoms with van der Waals surface area (Å²) in [5, 5.41) is 21.7. The second-order valence-electron chi connectivity index (χ2n) is 6.88. The van der Waals surface area contributed by atoms with Gasteiger partial charge < -0.3 is 10.1 Å². The van der Waals surface area contributed by atoms with E-state index >= 15 is 0 Å². The summed E-state index contributed by atoms with van der Waals surface area (Å²) in [5.41, 5.74) is 2.18. The summed E-state index contributed by atoms with van der Waals surface area (Å²) in [4.78, 5) is 28.0. The number of hydrogen-bond acceptors (Lipinski definition) is 4. The fraction of sp³-hybridized carbons (Fsp3) is 0.471. The molecule has 2 aliphatic rings. The van der Waals surface area contributed by atoms with Crippen molar-refractivity contribution in [1.82, 2.24) is 9.88 Å². The summed E-state index contributed by atoms with van der Waals surface area (Å²) in [7, 11) is 0. The van der Waals surface area contributed by atoms with Crippen LogP contribution in [0.4, 0.5) is 5.69 Å². The highest BCUT2D eigenvalue weighted by atomic mass is 16.6. The molecule has 2 N–H and O–H groups in total. The van der Waals surface area contributed by atoms with Crippen LogP contribution in [0.25, 0.3) is 10.9 Å². The highest BCUT2D eigenvalue weighted by molar-refractivity contribution is 5.88. The van der Waals surface area contributed by atoms with E-state index in [4.69, 9.17) is 0 Å². The normalized spacial score (nSPS) is 26.8. The van der Waals surface area contributed by atoms with Crippen LogP contribution in [0.5, 0.6) is 0 Å². The average molecular weight is 329 g/mol. The molecule has 0 saturated carbocycles. The lowest BCUT2D eigenvalue weighted by Crippen LogP contribution is -2.58. The van der Waals surface area contributed by atoms with Gasteiger partial charge in [0.1, 0.15) is 0 Å². The fourth-order valence-electron chi connectivity index (χ4n) is 4.56. The molecule has 126 valence electrons. The minimum absolute atomic E-state index is 0.0431. The van der Waals surface area contributed by atoms with Gasteiger partial charge in [0, 0.05) is 29.8 Å². The molecule has 2 atom stereocenters. The Morgan fingerprint density at radius 3 is 2.96 bits per heavy atom. The summed E-state index contributed by atoms with van der Waals surface area (Å²) in [6.45, 7) is 3.69. The number of piperidine rings is 1. The van der Waals surface area contributed by atoms with Crippen LogP contribution >= 0.6 is 0 Å². The molecule has 1 aromatic carbocycles. The summed E-state index contributed by atoms with van der Waals surface area (Å²) in [6.07, 6.45) is 2.36. The minimum Gasteiger partial charge on any atom is -0.481 e. The second kappa shape index (κ2) is 5.04. The molecule has 2 aromatic rings.